The minimum Gasteiger partial charge on any atom is -0.454 e. The second-order valence-corrected chi connectivity index (χ2v) is 14.2. The zero-order valence-electron chi connectivity index (χ0n) is 30.3. The number of aliphatic imine (C=N–C) groups is 2. The Morgan fingerprint density at radius 1 is 0.446 bits per heavy atom. The quantitative estimate of drug-likeness (QED) is 0.186. The Bertz CT molecular complexity index is 3140. The highest BCUT2D eigenvalue weighted by Crippen LogP contribution is 2.40. The number of nitrogens with one attached hydrogen (secondary N) is 1. The first kappa shape index (κ1) is 32.0. The molecule has 0 fully saturated rings. The van der Waals surface area contributed by atoms with Gasteiger partial charge in [0.1, 0.15) is 17.6 Å². The number of para-hydroxylation sites is 2. The van der Waals surface area contributed by atoms with Crippen LogP contribution in [0.25, 0.3) is 71.7 Å². The van der Waals surface area contributed by atoms with E-state index in [1.54, 1.807) is 0 Å². The van der Waals surface area contributed by atoms with Crippen LogP contribution in [0.5, 0.6) is 0 Å². The van der Waals surface area contributed by atoms with E-state index in [2.05, 4.69) is 168 Å². The minimum atomic E-state index is -0.243. The van der Waals surface area contributed by atoms with E-state index in [1.807, 2.05) is 36.4 Å². The molecule has 5 heteroatoms. The van der Waals surface area contributed by atoms with E-state index in [4.69, 9.17) is 14.4 Å². The van der Waals surface area contributed by atoms with Crippen molar-refractivity contribution in [2.75, 3.05) is 0 Å². The lowest BCUT2D eigenvalue weighted by Gasteiger charge is -2.23. The van der Waals surface area contributed by atoms with Crippen molar-refractivity contribution in [3.63, 3.8) is 0 Å². The predicted molar refractivity (Wildman–Crippen MR) is 231 cm³/mol. The Balaban J connectivity index is 0.977. The summed E-state index contributed by atoms with van der Waals surface area (Å²) in [5.74, 6) is 1.50. The molecule has 0 saturated heterocycles. The lowest BCUT2D eigenvalue weighted by molar-refractivity contribution is 0.666. The number of fused-ring (bicyclic) bond motifs is 6. The topological polar surface area (TPSA) is 54.8 Å². The summed E-state index contributed by atoms with van der Waals surface area (Å²) in [7, 11) is 0. The maximum atomic E-state index is 6.85. The summed E-state index contributed by atoms with van der Waals surface area (Å²) < 4.78 is 9.21. The van der Waals surface area contributed by atoms with Crippen LogP contribution in [-0.2, 0) is 0 Å². The summed E-state index contributed by atoms with van der Waals surface area (Å²) in [5, 5.41) is 8.20. The fourth-order valence-electron chi connectivity index (χ4n) is 8.12. The van der Waals surface area contributed by atoms with Crippen molar-refractivity contribution in [3.05, 3.63) is 211 Å². The summed E-state index contributed by atoms with van der Waals surface area (Å²) >= 11 is 0. The van der Waals surface area contributed by atoms with Crippen molar-refractivity contribution in [1.82, 2.24) is 9.88 Å². The molecular weight excluding hydrogens is 685 g/mol. The molecule has 0 radical (unpaired) electrons. The SMILES string of the molecule is c1ccc(C2=NC(c3ccccc3)NC(c3ccc(-c4ccc5c(c4)oc4c(-n6c7ccccc7c7ccc(-c8ccccc8)cc76)cccc45)cc3)=N2)cc1. The minimum absolute atomic E-state index is 0.243. The van der Waals surface area contributed by atoms with Gasteiger partial charge in [-0.1, -0.05) is 164 Å². The van der Waals surface area contributed by atoms with Gasteiger partial charge in [-0.2, -0.15) is 0 Å². The number of aromatic nitrogens is 1. The van der Waals surface area contributed by atoms with Gasteiger partial charge in [0.2, 0.25) is 0 Å². The van der Waals surface area contributed by atoms with Crippen molar-refractivity contribution < 1.29 is 4.42 Å². The second kappa shape index (κ2) is 13.1. The first-order chi connectivity index (χ1) is 27.7. The molecule has 1 unspecified atom stereocenters. The average Bonchev–Trinajstić information content (AvgIpc) is 3.82. The van der Waals surface area contributed by atoms with Crippen LogP contribution in [-0.4, -0.2) is 16.2 Å². The van der Waals surface area contributed by atoms with Crippen LogP contribution in [0.4, 0.5) is 0 Å². The summed E-state index contributed by atoms with van der Waals surface area (Å²) in [6.07, 6.45) is -0.243. The number of hydrogen-bond donors (Lipinski definition) is 1. The van der Waals surface area contributed by atoms with Crippen LogP contribution < -0.4 is 5.32 Å². The zero-order chi connectivity index (χ0) is 37.0. The highest BCUT2D eigenvalue weighted by atomic mass is 16.3. The van der Waals surface area contributed by atoms with Gasteiger partial charge in [0.05, 0.1) is 16.7 Å². The van der Waals surface area contributed by atoms with E-state index in [0.29, 0.717) is 5.84 Å². The molecule has 1 aliphatic heterocycles. The third-order valence-electron chi connectivity index (χ3n) is 10.9. The molecule has 10 aromatic rings. The monoisotopic (exact) mass is 718 g/mol. The number of hydrogen-bond acceptors (Lipinski definition) is 4. The zero-order valence-corrected chi connectivity index (χ0v) is 30.3. The summed E-state index contributed by atoms with van der Waals surface area (Å²) in [5.41, 5.74) is 12.7. The molecule has 8 aromatic carbocycles. The van der Waals surface area contributed by atoms with Crippen molar-refractivity contribution in [2.45, 2.75) is 6.17 Å². The Labute approximate surface area is 323 Å². The van der Waals surface area contributed by atoms with Gasteiger partial charge in [0.15, 0.2) is 11.4 Å². The van der Waals surface area contributed by atoms with Crippen LogP contribution in [0.1, 0.15) is 22.9 Å². The third kappa shape index (κ3) is 5.40. The predicted octanol–water partition coefficient (Wildman–Crippen LogP) is 12.5. The number of nitrogens with zero attached hydrogens (tertiary/aromatic N) is 3. The number of rotatable bonds is 6. The molecule has 0 aliphatic carbocycles. The van der Waals surface area contributed by atoms with E-state index in [9.17, 15) is 0 Å². The Morgan fingerprint density at radius 2 is 1.04 bits per heavy atom. The van der Waals surface area contributed by atoms with Gasteiger partial charge < -0.3 is 14.3 Å². The van der Waals surface area contributed by atoms with Gasteiger partial charge in [0.25, 0.3) is 0 Å². The normalized spacial score (nSPS) is 14.2. The molecule has 2 aromatic heterocycles. The highest BCUT2D eigenvalue weighted by molar-refractivity contribution is 6.14. The van der Waals surface area contributed by atoms with Gasteiger partial charge in [-0.3, -0.25) is 0 Å². The van der Waals surface area contributed by atoms with Crippen molar-refractivity contribution >= 4 is 55.4 Å². The Hall–Kier alpha value is -7.50. The molecule has 0 saturated carbocycles. The second-order valence-electron chi connectivity index (χ2n) is 14.2. The van der Waals surface area contributed by atoms with E-state index in [1.165, 1.54) is 21.9 Å². The molecule has 264 valence electrons. The van der Waals surface area contributed by atoms with Gasteiger partial charge in [-0.25, -0.2) is 9.98 Å². The van der Waals surface area contributed by atoms with Crippen LogP contribution in [0.15, 0.2) is 209 Å². The maximum Gasteiger partial charge on any atom is 0.159 e. The largest absolute Gasteiger partial charge is 0.454 e. The molecule has 1 atom stereocenters. The third-order valence-corrected chi connectivity index (χ3v) is 10.9. The van der Waals surface area contributed by atoms with Gasteiger partial charge in [-0.15, -0.1) is 0 Å². The molecule has 11 rings (SSSR count). The van der Waals surface area contributed by atoms with Crippen LogP contribution in [0, 0.1) is 0 Å². The van der Waals surface area contributed by atoms with Gasteiger partial charge in [0, 0.05) is 32.7 Å². The van der Waals surface area contributed by atoms with E-state index >= 15 is 0 Å². The molecule has 1 aliphatic rings. The number of amidine groups is 2. The van der Waals surface area contributed by atoms with Gasteiger partial charge in [-0.05, 0) is 58.1 Å². The number of furan rings is 1. The van der Waals surface area contributed by atoms with Crippen molar-refractivity contribution in [3.8, 4) is 27.9 Å². The van der Waals surface area contributed by atoms with Crippen LogP contribution in [0.2, 0.25) is 0 Å². The fourth-order valence-corrected chi connectivity index (χ4v) is 8.12. The molecular formula is C51H34N4O. The van der Waals surface area contributed by atoms with E-state index in [-0.39, 0.29) is 6.17 Å². The lowest BCUT2D eigenvalue weighted by atomic mass is 10.0. The smallest absolute Gasteiger partial charge is 0.159 e. The summed E-state index contributed by atoms with van der Waals surface area (Å²) in [6.45, 7) is 0. The average molecular weight is 719 g/mol. The molecule has 56 heavy (non-hydrogen) atoms. The first-order valence-electron chi connectivity index (χ1n) is 18.9. The fraction of sp³-hybridized carbons (Fsp3) is 0.0196. The summed E-state index contributed by atoms with van der Waals surface area (Å²) in [6, 6.07) is 68.0. The summed E-state index contributed by atoms with van der Waals surface area (Å²) in [4.78, 5) is 9.98. The molecule has 0 spiro atoms. The van der Waals surface area contributed by atoms with Crippen molar-refractivity contribution in [1.29, 1.82) is 0 Å². The van der Waals surface area contributed by atoms with Crippen LogP contribution >= 0.6 is 0 Å². The van der Waals surface area contributed by atoms with E-state index < -0.39 is 0 Å². The van der Waals surface area contributed by atoms with Crippen molar-refractivity contribution in [2.24, 2.45) is 9.98 Å². The molecule has 0 amide bonds. The maximum absolute atomic E-state index is 6.85. The molecule has 1 N–H and O–H groups in total. The Kier molecular flexibility index (Phi) is 7.49. The highest BCUT2D eigenvalue weighted by Gasteiger charge is 2.22. The standard InChI is InChI=1S/C51H34N4O/c1-4-13-33(14-5-1)38-27-29-41-40-19-10-11-21-44(40)55(46(41)31-38)45-22-12-20-43-42-30-28-39(32-47(42)56-48(43)45)34-23-25-37(26-24-34)51-53-49(35-15-6-2-7-16-35)52-50(54-51)36-17-8-3-9-18-36/h1-32,49H,(H,52,53,54). The Morgan fingerprint density at radius 3 is 1.82 bits per heavy atom. The number of benzene rings is 8. The van der Waals surface area contributed by atoms with Gasteiger partial charge >= 0.3 is 0 Å². The molecule has 0 bridgehead atoms. The van der Waals surface area contributed by atoms with Crippen LogP contribution in [0.3, 0.4) is 0 Å². The first-order valence-corrected chi connectivity index (χ1v) is 18.9. The van der Waals surface area contributed by atoms with E-state index in [0.717, 1.165) is 72.3 Å². The molecule has 5 nitrogen and oxygen atoms in total. The molecule has 3 heterocycles. The lowest BCUT2D eigenvalue weighted by Crippen LogP contribution is -2.33.